The molecular formula is C19H24FN3OS. The fourth-order valence-electron chi connectivity index (χ4n) is 3.23. The summed E-state index contributed by atoms with van der Waals surface area (Å²) in [6.07, 6.45) is 3.18. The van der Waals surface area contributed by atoms with Crippen LogP contribution in [0.15, 0.2) is 29.6 Å². The number of likely N-dealkylation sites (tertiary alicyclic amines) is 1. The van der Waals surface area contributed by atoms with Gasteiger partial charge in [0.15, 0.2) is 5.13 Å². The molecule has 1 aromatic carbocycles. The summed E-state index contributed by atoms with van der Waals surface area (Å²) in [7, 11) is 0. The van der Waals surface area contributed by atoms with E-state index in [0.29, 0.717) is 17.1 Å². The Balaban J connectivity index is 1.47. The Morgan fingerprint density at radius 1 is 1.44 bits per heavy atom. The van der Waals surface area contributed by atoms with E-state index in [9.17, 15) is 9.18 Å². The van der Waals surface area contributed by atoms with Crippen LogP contribution in [0.3, 0.4) is 0 Å². The van der Waals surface area contributed by atoms with Crippen molar-refractivity contribution in [2.24, 2.45) is 5.92 Å². The summed E-state index contributed by atoms with van der Waals surface area (Å²) < 4.78 is 13.6. The Hall–Kier alpha value is -1.79. The molecule has 1 aliphatic heterocycles. The Morgan fingerprint density at radius 2 is 2.28 bits per heavy atom. The van der Waals surface area contributed by atoms with Crippen LogP contribution in [0.1, 0.15) is 37.4 Å². The fraction of sp³-hybridized carbons (Fsp3) is 0.474. The van der Waals surface area contributed by atoms with Crippen LogP contribution in [0.5, 0.6) is 0 Å². The number of halogens is 1. The van der Waals surface area contributed by atoms with E-state index in [1.54, 1.807) is 18.2 Å². The molecule has 1 aliphatic rings. The van der Waals surface area contributed by atoms with Crippen molar-refractivity contribution in [2.75, 3.05) is 18.4 Å². The van der Waals surface area contributed by atoms with Crippen LogP contribution < -0.4 is 5.32 Å². The molecule has 1 fully saturated rings. The van der Waals surface area contributed by atoms with Crippen molar-refractivity contribution in [3.63, 3.8) is 0 Å². The highest BCUT2D eigenvalue weighted by molar-refractivity contribution is 7.13. The molecule has 2 heterocycles. The summed E-state index contributed by atoms with van der Waals surface area (Å²) in [5.41, 5.74) is 1.57. The number of hydrogen-bond donors (Lipinski definition) is 1. The van der Waals surface area contributed by atoms with Gasteiger partial charge in [0.05, 0.1) is 5.69 Å². The highest BCUT2D eigenvalue weighted by Gasteiger charge is 2.17. The van der Waals surface area contributed by atoms with Crippen LogP contribution in [0.2, 0.25) is 0 Å². The monoisotopic (exact) mass is 361 g/mol. The number of anilines is 1. The maximum atomic E-state index is 13.6. The van der Waals surface area contributed by atoms with Crippen molar-refractivity contribution in [3.05, 3.63) is 46.7 Å². The first-order valence-corrected chi connectivity index (χ1v) is 9.68. The van der Waals surface area contributed by atoms with Gasteiger partial charge < -0.3 is 5.32 Å². The van der Waals surface area contributed by atoms with E-state index in [1.807, 2.05) is 5.38 Å². The minimum atomic E-state index is -0.261. The highest BCUT2D eigenvalue weighted by Crippen LogP contribution is 2.21. The molecule has 4 nitrogen and oxygen atoms in total. The number of nitrogens with one attached hydrogen (secondary N) is 1. The van der Waals surface area contributed by atoms with E-state index in [2.05, 4.69) is 22.1 Å². The van der Waals surface area contributed by atoms with Crippen molar-refractivity contribution in [1.29, 1.82) is 0 Å². The predicted octanol–water partition coefficient (Wildman–Crippen LogP) is 4.09. The zero-order valence-corrected chi connectivity index (χ0v) is 15.3. The smallest absolute Gasteiger partial charge is 0.226 e. The van der Waals surface area contributed by atoms with Crippen LogP contribution in [0.25, 0.3) is 0 Å². The number of thiazole rings is 1. The van der Waals surface area contributed by atoms with Gasteiger partial charge in [-0.3, -0.25) is 9.69 Å². The molecule has 0 radical (unpaired) electrons. The summed E-state index contributed by atoms with van der Waals surface area (Å²) >= 11 is 1.45. The predicted molar refractivity (Wildman–Crippen MR) is 99.1 cm³/mol. The third kappa shape index (κ3) is 5.34. The Bertz CT molecular complexity index is 718. The number of benzene rings is 1. The van der Waals surface area contributed by atoms with E-state index in [1.165, 1.54) is 30.2 Å². The first-order chi connectivity index (χ1) is 12.1. The molecule has 0 aliphatic carbocycles. The quantitative estimate of drug-likeness (QED) is 0.843. The van der Waals surface area contributed by atoms with Crippen molar-refractivity contribution in [2.45, 2.75) is 39.2 Å². The van der Waals surface area contributed by atoms with Gasteiger partial charge >= 0.3 is 0 Å². The number of aromatic nitrogens is 1. The van der Waals surface area contributed by atoms with Gasteiger partial charge in [-0.15, -0.1) is 11.3 Å². The summed E-state index contributed by atoms with van der Waals surface area (Å²) in [6.45, 7) is 5.36. The first kappa shape index (κ1) is 18.0. The second-order valence-electron chi connectivity index (χ2n) is 6.77. The molecule has 1 atom stereocenters. The third-order valence-corrected chi connectivity index (χ3v) is 5.31. The maximum Gasteiger partial charge on any atom is 0.226 e. The second kappa shape index (κ2) is 8.54. The van der Waals surface area contributed by atoms with Crippen LogP contribution in [0.4, 0.5) is 9.52 Å². The van der Waals surface area contributed by atoms with Crippen LogP contribution in [0, 0.1) is 11.7 Å². The Kier molecular flexibility index (Phi) is 6.15. The molecule has 0 bridgehead atoms. The topological polar surface area (TPSA) is 45.2 Å². The van der Waals surface area contributed by atoms with Gasteiger partial charge in [0, 0.05) is 24.9 Å². The van der Waals surface area contributed by atoms with Crippen LogP contribution in [-0.2, 0) is 17.8 Å². The maximum absolute atomic E-state index is 13.6. The molecule has 134 valence electrons. The molecular weight excluding hydrogens is 337 g/mol. The zero-order chi connectivity index (χ0) is 17.6. The molecule has 1 unspecified atom stereocenters. The van der Waals surface area contributed by atoms with Gasteiger partial charge in [-0.1, -0.05) is 25.1 Å². The van der Waals surface area contributed by atoms with E-state index < -0.39 is 0 Å². The number of amides is 1. The summed E-state index contributed by atoms with van der Waals surface area (Å²) in [6, 6.07) is 6.56. The fourth-order valence-corrected chi connectivity index (χ4v) is 3.95. The molecule has 2 aromatic rings. The lowest BCUT2D eigenvalue weighted by atomic mass is 10.0. The van der Waals surface area contributed by atoms with Gasteiger partial charge in [0.25, 0.3) is 0 Å². The average Bonchev–Trinajstić information content (AvgIpc) is 3.01. The molecule has 1 aromatic heterocycles. The van der Waals surface area contributed by atoms with Gasteiger partial charge in [-0.25, -0.2) is 9.37 Å². The molecule has 25 heavy (non-hydrogen) atoms. The Labute approximate surface area is 152 Å². The second-order valence-corrected chi connectivity index (χ2v) is 7.62. The average molecular weight is 361 g/mol. The van der Waals surface area contributed by atoms with Gasteiger partial charge in [-0.2, -0.15) is 0 Å². The lowest BCUT2D eigenvalue weighted by molar-refractivity contribution is -0.116. The SMILES string of the molecule is CC1CCCN(Cc2csc(NC(=O)CCc3ccccc3F)n2)C1. The summed E-state index contributed by atoms with van der Waals surface area (Å²) in [5, 5.41) is 5.45. The van der Waals surface area contributed by atoms with Crippen molar-refractivity contribution in [1.82, 2.24) is 9.88 Å². The number of rotatable bonds is 6. The number of aryl methyl sites for hydroxylation is 1. The molecule has 1 N–H and O–H groups in total. The standard InChI is InChI=1S/C19H24FN3OS/c1-14-5-4-10-23(11-14)12-16-13-25-19(21-16)22-18(24)9-8-15-6-2-3-7-17(15)20/h2-3,6-7,13-14H,4-5,8-12H2,1H3,(H,21,22,24). The van der Waals surface area contributed by atoms with Crippen molar-refractivity contribution < 1.29 is 9.18 Å². The van der Waals surface area contributed by atoms with Crippen molar-refractivity contribution in [3.8, 4) is 0 Å². The summed E-state index contributed by atoms with van der Waals surface area (Å²) in [4.78, 5) is 19.0. The number of carbonyl (C=O) groups excluding carboxylic acids is 1. The minimum absolute atomic E-state index is 0.129. The molecule has 0 spiro atoms. The van der Waals surface area contributed by atoms with Crippen molar-refractivity contribution >= 4 is 22.4 Å². The van der Waals surface area contributed by atoms with Gasteiger partial charge in [-0.05, 0) is 43.4 Å². The minimum Gasteiger partial charge on any atom is -0.302 e. The van der Waals surface area contributed by atoms with E-state index in [-0.39, 0.29) is 18.1 Å². The van der Waals surface area contributed by atoms with Gasteiger partial charge in [0.1, 0.15) is 5.82 Å². The lowest BCUT2D eigenvalue weighted by Gasteiger charge is -2.30. The molecule has 6 heteroatoms. The van der Waals surface area contributed by atoms with Crippen LogP contribution >= 0.6 is 11.3 Å². The van der Waals surface area contributed by atoms with E-state index >= 15 is 0 Å². The Morgan fingerprint density at radius 3 is 3.08 bits per heavy atom. The third-order valence-electron chi connectivity index (χ3n) is 4.50. The summed E-state index contributed by atoms with van der Waals surface area (Å²) in [5.74, 6) is 0.350. The number of nitrogens with zero attached hydrogens (tertiary/aromatic N) is 2. The van der Waals surface area contributed by atoms with E-state index in [4.69, 9.17) is 0 Å². The molecule has 1 saturated heterocycles. The number of carbonyl (C=O) groups is 1. The lowest BCUT2D eigenvalue weighted by Crippen LogP contribution is -2.33. The molecule has 3 rings (SSSR count). The highest BCUT2D eigenvalue weighted by atomic mass is 32.1. The van der Waals surface area contributed by atoms with Gasteiger partial charge in [0.2, 0.25) is 5.91 Å². The number of piperidine rings is 1. The normalized spacial score (nSPS) is 18.2. The molecule has 0 saturated carbocycles. The van der Waals surface area contributed by atoms with Crippen LogP contribution in [-0.4, -0.2) is 28.9 Å². The van der Waals surface area contributed by atoms with E-state index in [0.717, 1.165) is 31.2 Å². The number of hydrogen-bond acceptors (Lipinski definition) is 4. The zero-order valence-electron chi connectivity index (χ0n) is 14.5. The molecule has 1 amide bonds. The first-order valence-electron chi connectivity index (χ1n) is 8.80. The largest absolute Gasteiger partial charge is 0.302 e.